The molecule has 0 atom stereocenters. The Kier molecular flexibility index (Phi) is 7.20. The first-order valence-corrected chi connectivity index (χ1v) is 8.59. The van der Waals surface area contributed by atoms with E-state index >= 15 is 0 Å². The van der Waals surface area contributed by atoms with E-state index in [2.05, 4.69) is 16.5 Å². The van der Waals surface area contributed by atoms with E-state index in [1.54, 1.807) is 18.3 Å². The molecule has 1 aromatic heterocycles. The number of unbranched alkanes of at least 4 members (excludes halogenated alkanes) is 1. The molecule has 0 saturated heterocycles. The van der Waals surface area contributed by atoms with Crippen molar-refractivity contribution in [3.8, 4) is 5.75 Å². The molecule has 0 fully saturated rings. The van der Waals surface area contributed by atoms with Crippen molar-refractivity contribution in [3.63, 3.8) is 0 Å². The van der Waals surface area contributed by atoms with Gasteiger partial charge in [0.2, 0.25) is 0 Å². The topological polar surface area (TPSA) is 90.6 Å². The Morgan fingerprint density at radius 1 is 1.23 bits per heavy atom. The lowest BCUT2D eigenvalue weighted by atomic mass is 10.2. The number of aryl methyl sites for hydroxylation is 1. The number of hydrogen-bond donors (Lipinski definition) is 1. The summed E-state index contributed by atoms with van der Waals surface area (Å²) in [6.07, 6.45) is 4.71. The van der Waals surface area contributed by atoms with Crippen LogP contribution in [0.4, 0.5) is 0 Å². The number of benzene rings is 1. The third-order valence-corrected chi connectivity index (χ3v) is 3.82. The van der Waals surface area contributed by atoms with E-state index in [1.165, 1.54) is 6.92 Å². The number of aromatic nitrogens is 2. The lowest BCUT2D eigenvalue weighted by Gasteiger charge is -2.13. The second kappa shape index (κ2) is 9.60. The van der Waals surface area contributed by atoms with Crippen LogP contribution < -0.4 is 4.74 Å². The van der Waals surface area contributed by atoms with E-state index in [0.717, 1.165) is 36.3 Å². The minimum atomic E-state index is -1.01. The van der Waals surface area contributed by atoms with Crippen LogP contribution in [0.15, 0.2) is 30.5 Å². The highest BCUT2D eigenvalue weighted by Gasteiger charge is 2.12. The number of carboxylic acids is 1. The molecule has 0 aliphatic carbocycles. The van der Waals surface area contributed by atoms with Crippen molar-refractivity contribution in [2.45, 2.75) is 46.3 Å². The SMILES string of the molecule is CCCCc1ncc(COC(C)=O)n1Cc1ccc(OCC(=O)O)cc1. The van der Waals surface area contributed by atoms with Gasteiger partial charge in [0.25, 0.3) is 0 Å². The molecule has 7 heteroatoms. The minimum Gasteiger partial charge on any atom is -0.482 e. The Balaban J connectivity index is 2.13. The summed E-state index contributed by atoms with van der Waals surface area (Å²) in [5.41, 5.74) is 1.87. The lowest BCUT2D eigenvalue weighted by Crippen LogP contribution is -2.11. The lowest BCUT2D eigenvalue weighted by molar-refractivity contribution is -0.142. The molecule has 26 heavy (non-hydrogen) atoms. The number of esters is 1. The first-order chi connectivity index (χ1) is 12.5. The van der Waals surface area contributed by atoms with E-state index in [0.29, 0.717) is 12.3 Å². The number of rotatable bonds is 10. The number of aliphatic carboxylic acids is 1. The fourth-order valence-electron chi connectivity index (χ4n) is 2.49. The van der Waals surface area contributed by atoms with Crippen LogP contribution in [0, 0.1) is 0 Å². The average Bonchev–Trinajstić information content (AvgIpc) is 2.99. The highest BCUT2D eigenvalue weighted by molar-refractivity contribution is 5.68. The van der Waals surface area contributed by atoms with Gasteiger partial charge in [0.1, 0.15) is 18.2 Å². The van der Waals surface area contributed by atoms with Crippen LogP contribution in [0.1, 0.15) is 43.8 Å². The van der Waals surface area contributed by atoms with Gasteiger partial charge in [-0.1, -0.05) is 25.5 Å². The Hall–Kier alpha value is -2.83. The molecule has 0 aliphatic heterocycles. The Morgan fingerprint density at radius 2 is 1.96 bits per heavy atom. The number of carbonyl (C=O) groups excluding carboxylic acids is 1. The zero-order valence-electron chi connectivity index (χ0n) is 15.1. The number of carbonyl (C=O) groups is 2. The second-order valence-corrected chi connectivity index (χ2v) is 5.96. The summed E-state index contributed by atoms with van der Waals surface area (Å²) in [6.45, 7) is 3.93. The van der Waals surface area contributed by atoms with Gasteiger partial charge in [-0.2, -0.15) is 0 Å². The fraction of sp³-hybridized carbons (Fsp3) is 0.421. The zero-order valence-corrected chi connectivity index (χ0v) is 15.1. The summed E-state index contributed by atoms with van der Waals surface area (Å²) in [5.74, 6) is 0.129. The second-order valence-electron chi connectivity index (χ2n) is 5.96. The normalized spacial score (nSPS) is 10.5. The minimum absolute atomic E-state index is 0.189. The van der Waals surface area contributed by atoms with Crippen molar-refractivity contribution >= 4 is 11.9 Å². The van der Waals surface area contributed by atoms with Gasteiger partial charge in [-0.15, -0.1) is 0 Å². The summed E-state index contributed by atoms with van der Waals surface area (Å²) in [4.78, 5) is 26.1. The average molecular weight is 360 g/mol. The molecule has 1 aromatic carbocycles. The Bertz CT molecular complexity index is 737. The van der Waals surface area contributed by atoms with Gasteiger partial charge in [0, 0.05) is 19.9 Å². The van der Waals surface area contributed by atoms with Gasteiger partial charge in [-0.3, -0.25) is 4.79 Å². The van der Waals surface area contributed by atoms with Gasteiger partial charge >= 0.3 is 11.9 Å². The monoisotopic (exact) mass is 360 g/mol. The summed E-state index contributed by atoms with van der Waals surface area (Å²) < 4.78 is 12.3. The summed E-state index contributed by atoms with van der Waals surface area (Å²) in [5, 5.41) is 8.65. The van der Waals surface area contributed by atoms with Crippen LogP contribution in [0.3, 0.4) is 0 Å². The predicted molar refractivity (Wildman–Crippen MR) is 95.0 cm³/mol. The van der Waals surface area contributed by atoms with Gasteiger partial charge in [0.05, 0.1) is 11.9 Å². The summed E-state index contributed by atoms with van der Waals surface area (Å²) in [6, 6.07) is 7.26. The zero-order chi connectivity index (χ0) is 18.9. The number of hydrogen-bond acceptors (Lipinski definition) is 5. The van der Waals surface area contributed by atoms with E-state index in [-0.39, 0.29) is 19.2 Å². The van der Waals surface area contributed by atoms with Crippen LogP contribution in [-0.2, 0) is 33.9 Å². The van der Waals surface area contributed by atoms with E-state index in [4.69, 9.17) is 14.6 Å². The molecule has 0 radical (unpaired) electrons. The molecule has 2 rings (SSSR count). The molecule has 2 aromatic rings. The third-order valence-electron chi connectivity index (χ3n) is 3.82. The largest absolute Gasteiger partial charge is 0.482 e. The maximum Gasteiger partial charge on any atom is 0.341 e. The smallest absolute Gasteiger partial charge is 0.341 e. The molecule has 0 unspecified atom stereocenters. The standard InChI is InChI=1S/C19H24N2O5/c1-3-4-5-18-20-10-16(12-25-14(2)22)21(18)11-15-6-8-17(9-7-15)26-13-19(23)24/h6-10H,3-5,11-13H2,1-2H3,(H,23,24). The van der Waals surface area contributed by atoms with Crippen molar-refractivity contribution in [2.24, 2.45) is 0 Å². The third kappa shape index (κ3) is 5.91. The molecule has 0 saturated carbocycles. The molecule has 1 heterocycles. The van der Waals surface area contributed by atoms with Crippen LogP contribution in [0.25, 0.3) is 0 Å². The van der Waals surface area contributed by atoms with E-state index in [9.17, 15) is 9.59 Å². The van der Waals surface area contributed by atoms with E-state index in [1.807, 2.05) is 12.1 Å². The van der Waals surface area contributed by atoms with Crippen molar-refractivity contribution in [1.82, 2.24) is 9.55 Å². The predicted octanol–water partition coefficient (Wildman–Crippen LogP) is 2.80. The quantitative estimate of drug-likeness (QED) is 0.655. The van der Waals surface area contributed by atoms with Crippen molar-refractivity contribution in [1.29, 1.82) is 0 Å². The van der Waals surface area contributed by atoms with Gasteiger partial charge < -0.3 is 19.1 Å². The maximum atomic E-state index is 11.1. The fourth-order valence-corrected chi connectivity index (χ4v) is 2.49. The molecule has 0 spiro atoms. The summed E-state index contributed by atoms with van der Waals surface area (Å²) >= 11 is 0. The Morgan fingerprint density at radius 3 is 2.58 bits per heavy atom. The highest BCUT2D eigenvalue weighted by Crippen LogP contribution is 2.17. The molecular weight excluding hydrogens is 336 g/mol. The first kappa shape index (κ1) is 19.5. The molecule has 140 valence electrons. The van der Waals surface area contributed by atoms with Crippen LogP contribution in [0.5, 0.6) is 5.75 Å². The molecular formula is C19H24N2O5. The molecule has 0 aliphatic rings. The van der Waals surface area contributed by atoms with Gasteiger partial charge in [-0.05, 0) is 24.1 Å². The number of ether oxygens (including phenoxy) is 2. The first-order valence-electron chi connectivity index (χ1n) is 8.59. The maximum absolute atomic E-state index is 11.1. The van der Waals surface area contributed by atoms with Crippen LogP contribution >= 0.6 is 0 Å². The number of nitrogens with zero attached hydrogens (tertiary/aromatic N) is 2. The Labute approximate surface area is 152 Å². The number of carboxylic acid groups (broad SMARTS) is 1. The molecule has 0 bridgehead atoms. The number of imidazole rings is 1. The van der Waals surface area contributed by atoms with Crippen molar-refractivity contribution in [3.05, 3.63) is 47.5 Å². The molecule has 7 nitrogen and oxygen atoms in total. The van der Waals surface area contributed by atoms with E-state index < -0.39 is 5.97 Å². The van der Waals surface area contributed by atoms with Crippen molar-refractivity contribution < 1.29 is 24.2 Å². The van der Waals surface area contributed by atoms with Crippen LogP contribution in [0.2, 0.25) is 0 Å². The van der Waals surface area contributed by atoms with Gasteiger partial charge in [0.15, 0.2) is 6.61 Å². The van der Waals surface area contributed by atoms with Crippen LogP contribution in [-0.4, -0.2) is 33.2 Å². The summed E-state index contributed by atoms with van der Waals surface area (Å²) in [7, 11) is 0. The van der Waals surface area contributed by atoms with Gasteiger partial charge in [-0.25, -0.2) is 9.78 Å². The molecule has 1 N–H and O–H groups in total. The van der Waals surface area contributed by atoms with Crippen molar-refractivity contribution in [2.75, 3.05) is 6.61 Å². The molecule has 0 amide bonds. The highest BCUT2D eigenvalue weighted by atomic mass is 16.5.